The van der Waals surface area contributed by atoms with Gasteiger partial charge in [0.2, 0.25) is 0 Å². The lowest BCUT2D eigenvalue weighted by Gasteiger charge is -2.23. The second-order valence-electron chi connectivity index (χ2n) is 7.12. The summed E-state index contributed by atoms with van der Waals surface area (Å²) in [4.78, 5) is 43.7. The van der Waals surface area contributed by atoms with E-state index >= 15 is 0 Å². The lowest BCUT2D eigenvalue weighted by Crippen LogP contribution is -2.39. The Morgan fingerprint density at radius 2 is 2.03 bits per heavy atom. The molecule has 1 aliphatic rings. The molecule has 0 spiro atoms. The van der Waals surface area contributed by atoms with Crippen LogP contribution in [0.5, 0.6) is 5.75 Å². The third-order valence-electron chi connectivity index (χ3n) is 4.85. The fraction of sp³-hybridized carbons (Fsp3) is 0.167. The number of fused-ring (bicyclic) bond motifs is 1. The molecule has 1 atom stereocenters. The van der Waals surface area contributed by atoms with Crippen molar-refractivity contribution in [2.45, 2.75) is 19.9 Å². The number of allylic oxidation sites excluding steroid dienone is 1. The third kappa shape index (κ3) is 4.50. The van der Waals surface area contributed by atoms with E-state index in [-0.39, 0.29) is 12.2 Å². The number of aromatic nitrogens is 1. The summed E-state index contributed by atoms with van der Waals surface area (Å²) in [6.07, 6.45) is 3.16. The van der Waals surface area contributed by atoms with Crippen molar-refractivity contribution >= 4 is 40.7 Å². The van der Waals surface area contributed by atoms with Gasteiger partial charge < -0.3 is 9.47 Å². The fourth-order valence-corrected chi connectivity index (χ4v) is 5.36. The Balaban J connectivity index is 1.90. The molecule has 1 aliphatic heterocycles. The highest BCUT2D eigenvalue weighted by Gasteiger charge is 2.33. The molecule has 0 radical (unpaired) electrons. The van der Waals surface area contributed by atoms with Crippen molar-refractivity contribution in [2.24, 2.45) is 4.99 Å². The normalized spacial score (nSPS) is 15.6. The minimum absolute atomic E-state index is 0.0597. The smallest absolute Gasteiger partial charge is 0.338 e. The number of rotatable bonds is 6. The van der Waals surface area contributed by atoms with Crippen molar-refractivity contribution in [3.63, 3.8) is 0 Å². The average Bonchev–Trinajstić information content (AvgIpc) is 3.41. The number of para-hydroxylation sites is 1. The Kier molecular flexibility index (Phi) is 6.52. The Morgan fingerprint density at radius 3 is 2.73 bits per heavy atom. The maximum atomic E-state index is 13.5. The minimum atomic E-state index is -0.649. The number of nitrogens with zero attached hydrogens (tertiary/aromatic N) is 2. The number of benzene rings is 1. The molecule has 9 heteroatoms. The van der Waals surface area contributed by atoms with Gasteiger partial charge in [-0.1, -0.05) is 48.3 Å². The highest BCUT2D eigenvalue weighted by molar-refractivity contribution is 7.10. The SMILES string of the molecule is C=CCOC(=O)C1=C(C)N=c2s/c(=C/c3ccccc3OC(C)=O)c(=O)n2[C@H]1c1cccs1. The number of esters is 2. The number of thiophene rings is 1. The van der Waals surface area contributed by atoms with E-state index in [1.54, 1.807) is 37.3 Å². The second kappa shape index (κ2) is 9.51. The summed E-state index contributed by atoms with van der Waals surface area (Å²) in [6, 6.07) is 10.1. The van der Waals surface area contributed by atoms with E-state index in [2.05, 4.69) is 11.6 Å². The number of carbonyl (C=O) groups is 2. The number of hydrogen-bond acceptors (Lipinski definition) is 8. The molecule has 0 bridgehead atoms. The monoisotopic (exact) mass is 480 g/mol. The maximum Gasteiger partial charge on any atom is 0.338 e. The van der Waals surface area contributed by atoms with Crippen LogP contribution < -0.4 is 19.6 Å². The van der Waals surface area contributed by atoms with Crippen LogP contribution in [0.1, 0.15) is 30.3 Å². The zero-order valence-electron chi connectivity index (χ0n) is 17.9. The molecule has 3 aromatic rings. The lowest BCUT2D eigenvalue weighted by molar-refractivity contribution is -0.138. The molecule has 0 saturated carbocycles. The van der Waals surface area contributed by atoms with Crippen LogP contribution in [0, 0.1) is 0 Å². The van der Waals surface area contributed by atoms with E-state index in [4.69, 9.17) is 9.47 Å². The van der Waals surface area contributed by atoms with Crippen LogP contribution in [0.4, 0.5) is 0 Å². The molecular formula is C24H20N2O5S2. The molecule has 4 rings (SSSR count). The van der Waals surface area contributed by atoms with E-state index in [1.807, 2.05) is 17.5 Å². The first-order valence-corrected chi connectivity index (χ1v) is 11.7. The maximum absolute atomic E-state index is 13.5. The van der Waals surface area contributed by atoms with Crippen LogP contribution >= 0.6 is 22.7 Å². The summed E-state index contributed by atoms with van der Waals surface area (Å²) < 4.78 is 12.5. The molecule has 1 aromatic carbocycles. The molecule has 33 heavy (non-hydrogen) atoms. The fourth-order valence-electron chi connectivity index (χ4n) is 3.50. The van der Waals surface area contributed by atoms with Crippen molar-refractivity contribution in [2.75, 3.05) is 6.61 Å². The molecule has 0 unspecified atom stereocenters. The van der Waals surface area contributed by atoms with Gasteiger partial charge in [0.1, 0.15) is 18.4 Å². The number of hydrogen-bond donors (Lipinski definition) is 0. The number of ether oxygens (including phenoxy) is 2. The zero-order valence-corrected chi connectivity index (χ0v) is 19.6. The molecule has 0 aliphatic carbocycles. The lowest BCUT2D eigenvalue weighted by atomic mass is 10.0. The summed E-state index contributed by atoms with van der Waals surface area (Å²) >= 11 is 2.66. The first-order chi connectivity index (χ1) is 15.9. The highest BCUT2D eigenvalue weighted by atomic mass is 32.1. The standard InChI is InChI=1S/C24H20N2O5S2/c1-4-11-30-23(29)20-14(2)25-24-26(21(20)18-10-7-12-32-18)22(28)19(33-24)13-16-8-5-6-9-17(16)31-15(3)27/h4-10,12-13,21H,1,11H2,2-3H3/b19-13+/t21-/m0/s1. The van der Waals surface area contributed by atoms with Crippen LogP contribution in [0.2, 0.25) is 0 Å². The van der Waals surface area contributed by atoms with Gasteiger partial charge in [-0.3, -0.25) is 14.2 Å². The van der Waals surface area contributed by atoms with Crippen molar-refractivity contribution in [1.82, 2.24) is 4.57 Å². The third-order valence-corrected chi connectivity index (χ3v) is 6.75. The van der Waals surface area contributed by atoms with Crippen molar-refractivity contribution in [3.05, 3.63) is 95.8 Å². The first-order valence-electron chi connectivity index (χ1n) is 10.0. The molecule has 0 saturated heterocycles. The Hall–Kier alpha value is -3.56. The van der Waals surface area contributed by atoms with Gasteiger partial charge >= 0.3 is 11.9 Å². The molecule has 0 amide bonds. The van der Waals surface area contributed by atoms with Gasteiger partial charge in [-0.2, -0.15) is 0 Å². The van der Waals surface area contributed by atoms with Crippen LogP contribution in [0.3, 0.4) is 0 Å². The Labute approximate surface area is 197 Å². The zero-order chi connectivity index (χ0) is 23.5. The van der Waals surface area contributed by atoms with Gasteiger partial charge in [-0.25, -0.2) is 9.79 Å². The van der Waals surface area contributed by atoms with Gasteiger partial charge in [0, 0.05) is 17.4 Å². The van der Waals surface area contributed by atoms with E-state index < -0.39 is 18.0 Å². The van der Waals surface area contributed by atoms with Gasteiger partial charge in [0.25, 0.3) is 5.56 Å². The average molecular weight is 481 g/mol. The summed E-state index contributed by atoms with van der Waals surface area (Å²) in [6.45, 7) is 6.70. The predicted molar refractivity (Wildman–Crippen MR) is 127 cm³/mol. The van der Waals surface area contributed by atoms with Gasteiger partial charge in [-0.15, -0.1) is 11.3 Å². The van der Waals surface area contributed by atoms with E-state index in [1.165, 1.54) is 40.2 Å². The summed E-state index contributed by atoms with van der Waals surface area (Å²) in [7, 11) is 0. The highest BCUT2D eigenvalue weighted by Crippen LogP contribution is 2.33. The predicted octanol–water partition coefficient (Wildman–Crippen LogP) is 2.95. The quantitative estimate of drug-likeness (QED) is 0.308. The second-order valence-corrected chi connectivity index (χ2v) is 9.10. The van der Waals surface area contributed by atoms with E-state index in [0.29, 0.717) is 31.9 Å². The summed E-state index contributed by atoms with van der Waals surface area (Å²) in [5.41, 5.74) is 1.11. The minimum Gasteiger partial charge on any atom is -0.458 e. The van der Waals surface area contributed by atoms with Crippen LogP contribution in [0.15, 0.2) is 75.5 Å². The molecule has 168 valence electrons. The van der Waals surface area contributed by atoms with Gasteiger partial charge in [-0.05, 0) is 30.5 Å². The molecule has 3 heterocycles. The van der Waals surface area contributed by atoms with Gasteiger partial charge in [0.05, 0.1) is 15.8 Å². The van der Waals surface area contributed by atoms with Crippen LogP contribution in [0.25, 0.3) is 6.08 Å². The summed E-state index contributed by atoms with van der Waals surface area (Å²) in [5.74, 6) is -0.632. The molecular weight excluding hydrogens is 460 g/mol. The van der Waals surface area contributed by atoms with E-state index in [9.17, 15) is 14.4 Å². The van der Waals surface area contributed by atoms with E-state index in [0.717, 1.165) is 4.88 Å². The molecule has 7 nitrogen and oxygen atoms in total. The Morgan fingerprint density at radius 1 is 1.24 bits per heavy atom. The molecule has 2 aromatic heterocycles. The number of thiazole rings is 1. The molecule has 0 fully saturated rings. The first kappa shape index (κ1) is 22.6. The van der Waals surface area contributed by atoms with Crippen LogP contribution in [-0.4, -0.2) is 23.1 Å². The largest absolute Gasteiger partial charge is 0.458 e. The topological polar surface area (TPSA) is 87.0 Å². The number of carbonyl (C=O) groups excluding carboxylic acids is 2. The van der Waals surface area contributed by atoms with Crippen molar-refractivity contribution < 1.29 is 19.1 Å². The van der Waals surface area contributed by atoms with Crippen molar-refractivity contribution in [1.29, 1.82) is 0 Å². The summed E-state index contributed by atoms with van der Waals surface area (Å²) in [5, 5.41) is 1.89. The van der Waals surface area contributed by atoms with Crippen LogP contribution in [-0.2, 0) is 14.3 Å². The van der Waals surface area contributed by atoms with Gasteiger partial charge in [0.15, 0.2) is 4.80 Å². The molecule has 0 N–H and O–H groups in total. The van der Waals surface area contributed by atoms with Crippen molar-refractivity contribution in [3.8, 4) is 5.75 Å². The Bertz CT molecular complexity index is 1440.